The van der Waals surface area contributed by atoms with Gasteiger partial charge in [0.25, 0.3) is 0 Å². The number of rotatable bonds is 4. The van der Waals surface area contributed by atoms with E-state index in [-0.39, 0.29) is 5.78 Å². The zero-order valence-electron chi connectivity index (χ0n) is 9.62. The zero-order valence-corrected chi connectivity index (χ0v) is 12.0. The van der Waals surface area contributed by atoms with Crippen LogP contribution in [0.4, 0.5) is 0 Å². The van der Waals surface area contributed by atoms with Crippen molar-refractivity contribution >= 4 is 33.5 Å². The lowest BCUT2D eigenvalue weighted by Crippen LogP contribution is -2.08. The first-order valence-corrected chi connectivity index (χ1v) is 7.77. The summed E-state index contributed by atoms with van der Waals surface area (Å²) in [5, 5.41) is 0. The number of nitrogens with two attached hydrogens (primary N) is 1. The van der Waals surface area contributed by atoms with Gasteiger partial charge >= 0.3 is 0 Å². The topological polar surface area (TPSA) is 43.1 Å². The van der Waals surface area contributed by atoms with Crippen molar-refractivity contribution in [2.24, 2.45) is 5.73 Å². The van der Waals surface area contributed by atoms with Crippen LogP contribution in [-0.4, -0.2) is 23.8 Å². The first-order valence-electron chi connectivity index (χ1n) is 5.83. The highest BCUT2D eigenvalue weighted by molar-refractivity contribution is 9.10. The van der Waals surface area contributed by atoms with E-state index in [1.54, 1.807) is 0 Å². The Balaban J connectivity index is 2.19. The summed E-state index contributed by atoms with van der Waals surface area (Å²) in [6.45, 7) is 0.414. The minimum absolute atomic E-state index is 0.126. The summed E-state index contributed by atoms with van der Waals surface area (Å²) >= 11 is 5.58. The number of thioether (sulfide) groups is 1. The molecule has 1 unspecified atom stereocenters. The van der Waals surface area contributed by atoms with E-state index in [4.69, 9.17) is 5.73 Å². The van der Waals surface area contributed by atoms with Crippen molar-refractivity contribution in [3.05, 3.63) is 33.8 Å². The number of Topliss-reactive ketones (excluding diaryl/α,β-unsaturated/α-hetero) is 1. The van der Waals surface area contributed by atoms with Crippen LogP contribution < -0.4 is 5.73 Å². The van der Waals surface area contributed by atoms with Crippen molar-refractivity contribution < 1.29 is 4.79 Å². The number of carbonyl (C=O) groups excluding carboxylic acids is 1. The molecule has 0 aromatic heterocycles. The second-order valence-electron chi connectivity index (χ2n) is 4.26. The Hall–Kier alpha value is -0.320. The van der Waals surface area contributed by atoms with E-state index in [9.17, 15) is 4.79 Å². The lowest BCUT2D eigenvalue weighted by atomic mass is 9.96. The van der Waals surface area contributed by atoms with Gasteiger partial charge in [-0.3, -0.25) is 4.79 Å². The fraction of sp³-hybridized carbons (Fsp3) is 0.462. The van der Waals surface area contributed by atoms with Crippen molar-refractivity contribution in [2.45, 2.75) is 18.8 Å². The molecule has 0 bridgehead atoms. The molecule has 4 heteroatoms. The van der Waals surface area contributed by atoms with Crippen LogP contribution in [0.15, 0.2) is 22.7 Å². The van der Waals surface area contributed by atoms with Crippen LogP contribution in [0.3, 0.4) is 0 Å². The molecule has 1 aromatic carbocycles. The molecule has 1 aliphatic rings. The molecule has 2 N–H and O–H groups in total. The van der Waals surface area contributed by atoms with Gasteiger partial charge in [0.1, 0.15) is 0 Å². The van der Waals surface area contributed by atoms with Gasteiger partial charge < -0.3 is 5.73 Å². The highest BCUT2D eigenvalue weighted by atomic mass is 79.9. The van der Waals surface area contributed by atoms with Gasteiger partial charge in [-0.1, -0.05) is 28.1 Å². The van der Waals surface area contributed by atoms with Gasteiger partial charge in [0, 0.05) is 22.2 Å². The van der Waals surface area contributed by atoms with Crippen molar-refractivity contribution in [1.29, 1.82) is 0 Å². The van der Waals surface area contributed by atoms with Crippen molar-refractivity contribution in [1.82, 2.24) is 0 Å². The Morgan fingerprint density at radius 2 is 2.35 bits per heavy atom. The molecular weight excluding hydrogens is 298 g/mol. The second kappa shape index (κ2) is 6.03. The molecule has 0 spiro atoms. The van der Waals surface area contributed by atoms with Crippen LogP contribution in [0.25, 0.3) is 0 Å². The molecule has 1 fully saturated rings. The number of benzene rings is 1. The van der Waals surface area contributed by atoms with Gasteiger partial charge in [-0.05, 0) is 36.3 Å². The number of ketones is 1. The third-order valence-electron chi connectivity index (χ3n) is 3.06. The van der Waals surface area contributed by atoms with Crippen molar-refractivity contribution in [3.8, 4) is 0 Å². The van der Waals surface area contributed by atoms with Gasteiger partial charge in [-0.2, -0.15) is 11.8 Å². The van der Waals surface area contributed by atoms with Gasteiger partial charge in [-0.25, -0.2) is 0 Å². The Kier molecular flexibility index (Phi) is 4.65. The van der Waals surface area contributed by atoms with Gasteiger partial charge in [0.15, 0.2) is 5.78 Å². The van der Waals surface area contributed by atoms with Crippen LogP contribution in [0, 0.1) is 0 Å². The molecule has 1 heterocycles. The fourth-order valence-electron chi connectivity index (χ4n) is 2.09. The lowest BCUT2D eigenvalue weighted by Gasteiger charge is -2.12. The summed E-state index contributed by atoms with van der Waals surface area (Å²) in [4.78, 5) is 11.7. The highest BCUT2D eigenvalue weighted by Gasteiger charge is 2.20. The highest BCUT2D eigenvalue weighted by Crippen LogP contribution is 2.36. The SMILES string of the molecule is NCCC(=O)c1ccc(C2CCSC2)c(Br)c1. The molecule has 2 rings (SSSR count). The number of hydrogen-bond donors (Lipinski definition) is 1. The minimum atomic E-state index is 0.126. The predicted molar refractivity (Wildman–Crippen MR) is 76.8 cm³/mol. The average molecular weight is 314 g/mol. The standard InChI is InChI=1S/C13H16BrNOS/c14-12-7-9(13(16)3-5-15)1-2-11(12)10-4-6-17-8-10/h1-2,7,10H,3-6,8,15H2. The maximum absolute atomic E-state index is 11.7. The van der Waals surface area contributed by atoms with E-state index < -0.39 is 0 Å². The molecule has 1 aromatic rings. The van der Waals surface area contributed by atoms with Crippen molar-refractivity contribution in [2.75, 3.05) is 18.1 Å². The fourth-order valence-corrected chi connectivity index (χ4v) is 4.04. The second-order valence-corrected chi connectivity index (χ2v) is 6.26. The molecule has 1 aliphatic heterocycles. The number of halogens is 1. The predicted octanol–water partition coefficient (Wildman–Crippen LogP) is 3.20. The van der Waals surface area contributed by atoms with E-state index in [0.717, 1.165) is 10.0 Å². The summed E-state index contributed by atoms with van der Waals surface area (Å²) in [6, 6.07) is 5.96. The van der Waals surface area contributed by atoms with E-state index in [2.05, 4.69) is 22.0 Å². The van der Waals surface area contributed by atoms with E-state index in [1.807, 2.05) is 23.9 Å². The molecule has 0 saturated carbocycles. The summed E-state index contributed by atoms with van der Waals surface area (Å²) in [7, 11) is 0. The van der Waals surface area contributed by atoms with Crippen LogP contribution in [0.2, 0.25) is 0 Å². The molecule has 1 atom stereocenters. The molecule has 1 saturated heterocycles. The summed E-state index contributed by atoms with van der Waals surface area (Å²) < 4.78 is 1.06. The average Bonchev–Trinajstić information content (AvgIpc) is 2.82. The van der Waals surface area contributed by atoms with Crippen LogP contribution >= 0.6 is 27.7 Å². The summed E-state index contributed by atoms with van der Waals surface area (Å²) in [5.74, 6) is 3.19. The van der Waals surface area contributed by atoms with E-state index >= 15 is 0 Å². The monoisotopic (exact) mass is 313 g/mol. The molecule has 0 radical (unpaired) electrons. The first kappa shape index (κ1) is 13.1. The van der Waals surface area contributed by atoms with Crippen LogP contribution in [-0.2, 0) is 0 Å². The molecule has 0 aliphatic carbocycles. The Morgan fingerprint density at radius 1 is 1.53 bits per heavy atom. The summed E-state index contributed by atoms with van der Waals surface area (Å²) in [5.41, 5.74) is 7.49. The van der Waals surface area contributed by atoms with E-state index in [0.29, 0.717) is 18.9 Å². The molecule has 17 heavy (non-hydrogen) atoms. The van der Waals surface area contributed by atoms with Gasteiger partial charge in [0.05, 0.1) is 0 Å². The van der Waals surface area contributed by atoms with Gasteiger partial charge in [-0.15, -0.1) is 0 Å². The minimum Gasteiger partial charge on any atom is -0.330 e. The maximum Gasteiger partial charge on any atom is 0.164 e. The molecular formula is C13H16BrNOS. The Morgan fingerprint density at radius 3 is 2.94 bits per heavy atom. The van der Waals surface area contributed by atoms with Gasteiger partial charge in [0.2, 0.25) is 0 Å². The smallest absolute Gasteiger partial charge is 0.164 e. The number of carbonyl (C=O) groups is 1. The van der Waals surface area contributed by atoms with Crippen LogP contribution in [0.1, 0.15) is 34.7 Å². The number of hydrogen-bond acceptors (Lipinski definition) is 3. The molecule has 2 nitrogen and oxygen atoms in total. The quantitative estimate of drug-likeness (QED) is 0.868. The molecule has 92 valence electrons. The lowest BCUT2D eigenvalue weighted by molar-refractivity contribution is 0.0985. The third kappa shape index (κ3) is 3.12. The van der Waals surface area contributed by atoms with Crippen molar-refractivity contribution in [3.63, 3.8) is 0 Å². The Labute approximate surface area is 114 Å². The van der Waals surface area contributed by atoms with Crippen LogP contribution in [0.5, 0.6) is 0 Å². The largest absolute Gasteiger partial charge is 0.330 e. The normalized spacial score (nSPS) is 19.5. The van der Waals surface area contributed by atoms with E-state index in [1.165, 1.54) is 23.5 Å². The molecule has 0 amide bonds. The Bertz CT molecular complexity index is 416. The maximum atomic E-state index is 11.7. The summed E-state index contributed by atoms with van der Waals surface area (Å²) in [6.07, 6.45) is 1.66. The first-order chi connectivity index (χ1) is 8.22. The zero-order chi connectivity index (χ0) is 12.3. The third-order valence-corrected chi connectivity index (χ3v) is 4.91.